The number of aromatic amines is 1. The third-order valence-electron chi connectivity index (χ3n) is 5.20. The summed E-state index contributed by atoms with van der Waals surface area (Å²) < 4.78 is 0. The highest BCUT2D eigenvalue weighted by Crippen LogP contribution is 2.58. The predicted octanol–water partition coefficient (Wildman–Crippen LogP) is 3.22. The molecular weight excluding hydrogens is 242 g/mol. The van der Waals surface area contributed by atoms with Crippen LogP contribution in [-0.2, 0) is 0 Å². The van der Waals surface area contributed by atoms with E-state index in [1.807, 2.05) is 18.7 Å². The van der Waals surface area contributed by atoms with Crippen molar-refractivity contribution < 1.29 is 0 Å². The molecule has 4 saturated carbocycles. The molecule has 4 fully saturated rings. The van der Waals surface area contributed by atoms with Crippen LogP contribution in [0.1, 0.15) is 37.9 Å². The fourth-order valence-corrected chi connectivity index (χ4v) is 6.23. The van der Waals surface area contributed by atoms with E-state index in [1.54, 1.807) is 0 Å². The number of H-pyrrole nitrogens is 1. The van der Waals surface area contributed by atoms with E-state index in [2.05, 4.69) is 9.97 Å². The lowest BCUT2D eigenvalue weighted by atomic mass is 9.56. The van der Waals surface area contributed by atoms with Crippen LogP contribution in [0.5, 0.6) is 0 Å². The van der Waals surface area contributed by atoms with Gasteiger partial charge in [-0.25, -0.2) is 4.98 Å². The third-order valence-corrected chi connectivity index (χ3v) is 6.78. The first-order chi connectivity index (χ1) is 8.69. The highest BCUT2D eigenvalue weighted by molar-refractivity contribution is 8.00. The summed E-state index contributed by atoms with van der Waals surface area (Å²) in [6.45, 7) is 1.98. The van der Waals surface area contributed by atoms with Gasteiger partial charge >= 0.3 is 0 Å². The Kier molecular flexibility index (Phi) is 2.44. The van der Waals surface area contributed by atoms with Crippen LogP contribution < -0.4 is 5.73 Å². The van der Waals surface area contributed by atoms with Gasteiger partial charge in [-0.1, -0.05) is 11.8 Å². The second kappa shape index (κ2) is 3.92. The number of hydrogen-bond acceptors (Lipinski definition) is 3. The molecule has 4 bridgehead atoms. The summed E-state index contributed by atoms with van der Waals surface area (Å²) >= 11 is 1.96. The molecule has 4 aliphatic rings. The van der Waals surface area contributed by atoms with E-state index in [-0.39, 0.29) is 0 Å². The Morgan fingerprint density at radius 2 is 1.72 bits per heavy atom. The van der Waals surface area contributed by atoms with E-state index >= 15 is 0 Å². The highest BCUT2D eigenvalue weighted by atomic mass is 32.2. The lowest BCUT2D eigenvalue weighted by Crippen LogP contribution is -2.46. The largest absolute Gasteiger partial charge is 0.383 e. The summed E-state index contributed by atoms with van der Waals surface area (Å²) in [7, 11) is 0. The summed E-state index contributed by atoms with van der Waals surface area (Å²) in [4.78, 5) is 7.67. The number of nitrogen functional groups attached to an aromatic ring is 1. The van der Waals surface area contributed by atoms with Crippen LogP contribution in [0.2, 0.25) is 0 Å². The second-order valence-corrected chi connectivity index (χ2v) is 7.72. The fraction of sp³-hybridized carbons (Fsp3) is 0.786. The first kappa shape index (κ1) is 11.2. The number of aromatic nitrogens is 2. The average molecular weight is 263 g/mol. The molecule has 0 unspecified atom stereocenters. The zero-order valence-electron chi connectivity index (χ0n) is 10.9. The van der Waals surface area contributed by atoms with E-state index in [0.717, 1.165) is 45.6 Å². The number of nitrogens with zero attached hydrogens (tertiary/aromatic N) is 1. The van der Waals surface area contributed by atoms with Crippen molar-refractivity contribution in [3.05, 3.63) is 5.82 Å². The van der Waals surface area contributed by atoms with Gasteiger partial charge in [0.25, 0.3) is 0 Å². The lowest BCUT2D eigenvalue weighted by Gasteiger charge is -2.54. The van der Waals surface area contributed by atoms with Gasteiger partial charge in [0.1, 0.15) is 16.7 Å². The molecule has 98 valence electrons. The number of nitrogens with one attached hydrogen (secondary N) is 1. The SMILES string of the molecule is Cc1nc(SC2C3CC4CC(C3)CC2C4)c(N)[nH]1. The molecule has 0 aromatic carbocycles. The number of rotatable bonds is 2. The monoisotopic (exact) mass is 263 g/mol. The summed E-state index contributed by atoms with van der Waals surface area (Å²) in [5.74, 6) is 5.67. The topological polar surface area (TPSA) is 54.7 Å². The van der Waals surface area contributed by atoms with E-state index in [0.29, 0.717) is 0 Å². The Hall–Kier alpha value is -0.640. The van der Waals surface area contributed by atoms with Gasteiger partial charge in [-0.2, -0.15) is 0 Å². The van der Waals surface area contributed by atoms with Crippen LogP contribution in [-0.4, -0.2) is 15.2 Å². The average Bonchev–Trinajstić information content (AvgIpc) is 2.61. The van der Waals surface area contributed by atoms with Gasteiger partial charge in [-0.3, -0.25) is 0 Å². The number of hydrogen-bond donors (Lipinski definition) is 2. The first-order valence-corrected chi connectivity index (χ1v) is 8.05. The van der Waals surface area contributed by atoms with Crippen LogP contribution in [0, 0.1) is 30.6 Å². The molecule has 0 saturated heterocycles. The number of nitrogens with two attached hydrogens (primary N) is 1. The van der Waals surface area contributed by atoms with Crippen molar-refractivity contribution >= 4 is 17.6 Å². The van der Waals surface area contributed by atoms with E-state index in [4.69, 9.17) is 5.73 Å². The molecule has 0 radical (unpaired) electrons. The molecule has 1 aromatic heterocycles. The molecule has 4 heteroatoms. The van der Waals surface area contributed by atoms with Crippen LogP contribution in [0.4, 0.5) is 5.82 Å². The van der Waals surface area contributed by atoms with Crippen molar-refractivity contribution in [1.29, 1.82) is 0 Å². The minimum absolute atomic E-state index is 0.770. The number of thioether (sulfide) groups is 1. The van der Waals surface area contributed by atoms with Crippen molar-refractivity contribution in [3.8, 4) is 0 Å². The van der Waals surface area contributed by atoms with Crippen LogP contribution >= 0.6 is 11.8 Å². The maximum Gasteiger partial charge on any atom is 0.139 e. The van der Waals surface area contributed by atoms with Gasteiger partial charge in [0, 0.05) is 5.25 Å². The van der Waals surface area contributed by atoms with Gasteiger partial charge in [0.15, 0.2) is 0 Å². The van der Waals surface area contributed by atoms with Crippen molar-refractivity contribution in [3.63, 3.8) is 0 Å². The normalized spacial score (nSPS) is 41.5. The van der Waals surface area contributed by atoms with Crippen molar-refractivity contribution in [2.45, 2.75) is 49.3 Å². The zero-order valence-corrected chi connectivity index (χ0v) is 11.7. The molecule has 5 rings (SSSR count). The van der Waals surface area contributed by atoms with Crippen LogP contribution in [0.25, 0.3) is 0 Å². The molecule has 0 amide bonds. The Bertz CT molecular complexity index is 440. The second-order valence-electron chi connectivity index (χ2n) is 6.55. The zero-order chi connectivity index (χ0) is 12.3. The van der Waals surface area contributed by atoms with E-state index < -0.39 is 0 Å². The van der Waals surface area contributed by atoms with Crippen LogP contribution in [0.15, 0.2) is 5.03 Å². The van der Waals surface area contributed by atoms with Crippen molar-refractivity contribution in [1.82, 2.24) is 9.97 Å². The van der Waals surface area contributed by atoms with Gasteiger partial charge in [0.2, 0.25) is 0 Å². The summed E-state index contributed by atoms with van der Waals surface area (Å²) in [5, 5.41) is 1.83. The number of imidazole rings is 1. The molecule has 18 heavy (non-hydrogen) atoms. The lowest BCUT2D eigenvalue weighted by molar-refractivity contribution is 0.0267. The highest BCUT2D eigenvalue weighted by Gasteiger charge is 2.48. The van der Waals surface area contributed by atoms with E-state index in [9.17, 15) is 0 Å². The molecule has 4 aliphatic carbocycles. The minimum atomic E-state index is 0.770. The Morgan fingerprint density at radius 1 is 1.11 bits per heavy atom. The van der Waals surface area contributed by atoms with Gasteiger partial charge in [-0.05, 0) is 62.7 Å². The molecule has 1 aromatic rings. The summed E-state index contributed by atoms with van der Waals surface area (Å²) in [5.41, 5.74) is 6.01. The van der Waals surface area contributed by atoms with Crippen LogP contribution in [0.3, 0.4) is 0 Å². The molecule has 0 aliphatic heterocycles. The van der Waals surface area contributed by atoms with Crippen molar-refractivity contribution in [2.75, 3.05) is 5.73 Å². The number of aryl methyl sites for hydroxylation is 1. The van der Waals surface area contributed by atoms with Gasteiger partial charge in [-0.15, -0.1) is 0 Å². The number of anilines is 1. The minimum Gasteiger partial charge on any atom is -0.383 e. The Labute approximate surface area is 112 Å². The molecule has 3 N–H and O–H groups in total. The molecule has 1 heterocycles. The molecule has 0 spiro atoms. The third kappa shape index (κ3) is 1.68. The molecule has 3 nitrogen and oxygen atoms in total. The van der Waals surface area contributed by atoms with Gasteiger partial charge < -0.3 is 10.7 Å². The maximum atomic E-state index is 6.01. The predicted molar refractivity (Wildman–Crippen MR) is 74.4 cm³/mol. The van der Waals surface area contributed by atoms with Crippen molar-refractivity contribution in [2.24, 2.45) is 23.7 Å². The Balaban J connectivity index is 1.57. The van der Waals surface area contributed by atoms with Gasteiger partial charge in [0.05, 0.1) is 0 Å². The summed E-state index contributed by atoms with van der Waals surface area (Å²) in [6.07, 6.45) is 7.39. The quantitative estimate of drug-likeness (QED) is 0.861. The smallest absolute Gasteiger partial charge is 0.139 e. The summed E-state index contributed by atoms with van der Waals surface area (Å²) in [6, 6.07) is 0. The fourth-order valence-electron chi connectivity index (χ4n) is 4.78. The molecular formula is C14H21N3S. The standard InChI is InChI=1S/C14H21N3S/c1-7-16-13(15)14(17-7)18-12-10-3-8-2-9(5-10)6-11(12)4-8/h8-12H,2-6,15H2,1H3,(H,16,17). The van der Waals surface area contributed by atoms with E-state index in [1.165, 1.54) is 32.1 Å². The Morgan fingerprint density at radius 3 is 2.22 bits per heavy atom. The maximum absolute atomic E-state index is 6.01. The molecule has 0 atom stereocenters. The first-order valence-electron chi connectivity index (χ1n) is 7.17.